The molecular weight excluding hydrogens is 310 g/mol. The second kappa shape index (κ2) is 8.64. The third kappa shape index (κ3) is 5.33. The summed E-state index contributed by atoms with van der Waals surface area (Å²) in [5.41, 5.74) is 1.04. The van der Waals surface area contributed by atoms with E-state index >= 15 is 0 Å². The van der Waals surface area contributed by atoms with Crippen molar-refractivity contribution in [3.63, 3.8) is 0 Å². The van der Waals surface area contributed by atoms with Crippen molar-refractivity contribution in [1.29, 1.82) is 0 Å². The minimum Gasteiger partial charge on any atom is -0.396 e. The third-order valence-electron chi connectivity index (χ3n) is 3.52. The van der Waals surface area contributed by atoms with Gasteiger partial charge >= 0.3 is 6.03 Å². The van der Waals surface area contributed by atoms with Crippen LogP contribution in [0.2, 0.25) is 0 Å². The molecule has 23 heavy (non-hydrogen) atoms. The van der Waals surface area contributed by atoms with Crippen LogP contribution in [0.3, 0.4) is 0 Å². The van der Waals surface area contributed by atoms with Crippen LogP contribution in [0, 0.1) is 6.92 Å². The quantitative estimate of drug-likeness (QED) is 0.727. The van der Waals surface area contributed by atoms with E-state index in [4.69, 9.17) is 5.11 Å². The van der Waals surface area contributed by atoms with E-state index in [1.165, 1.54) is 0 Å². The zero-order valence-electron chi connectivity index (χ0n) is 13.5. The smallest absolute Gasteiger partial charge is 0.315 e. The molecule has 1 aromatic carbocycles. The van der Waals surface area contributed by atoms with Crippen molar-refractivity contribution in [2.24, 2.45) is 0 Å². The van der Waals surface area contributed by atoms with E-state index in [0.29, 0.717) is 12.8 Å². The summed E-state index contributed by atoms with van der Waals surface area (Å²) in [6, 6.07) is 9.32. The average Bonchev–Trinajstić information content (AvgIpc) is 2.99. The van der Waals surface area contributed by atoms with Crippen molar-refractivity contribution < 1.29 is 9.90 Å². The number of aryl methyl sites for hydroxylation is 1. The van der Waals surface area contributed by atoms with E-state index in [-0.39, 0.29) is 24.7 Å². The van der Waals surface area contributed by atoms with Crippen LogP contribution in [0.5, 0.6) is 0 Å². The topological polar surface area (TPSA) is 74.2 Å². The lowest BCUT2D eigenvalue weighted by Crippen LogP contribution is -2.39. The highest BCUT2D eigenvalue weighted by molar-refractivity contribution is 7.11. The lowest BCUT2D eigenvalue weighted by Gasteiger charge is -2.21. The molecule has 3 N–H and O–H groups in total. The fourth-order valence-corrected chi connectivity index (χ4v) is 3.11. The molecule has 2 amide bonds. The van der Waals surface area contributed by atoms with E-state index in [9.17, 15) is 4.79 Å². The molecule has 0 aliphatic rings. The maximum absolute atomic E-state index is 12.3. The van der Waals surface area contributed by atoms with Crippen molar-refractivity contribution in [3.8, 4) is 0 Å². The maximum atomic E-state index is 12.3. The SMILES string of the molecule is Cc1cnc(C(C)NC(=O)NC(CCCO)c2ccccc2)s1. The number of rotatable bonds is 7. The predicted molar refractivity (Wildman–Crippen MR) is 92.4 cm³/mol. The van der Waals surface area contributed by atoms with Gasteiger partial charge in [0.2, 0.25) is 0 Å². The molecule has 0 aliphatic carbocycles. The van der Waals surface area contributed by atoms with E-state index in [1.807, 2.05) is 50.4 Å². The van der Waals surface area contributed by atoms with Gasteiger partial charge in [-0.25, -0.2) is 9.78 Å². The number of hydrogen-bond acceptors (Lipinski definition) is 4. The summed E-state index contributed by atoms with van der Waals surface area (Å²) in [4.78, 5) is 17.7. The van der Waals surface area contributed by atoms with Crippen LogP contribution in [0.15, 0.2) is 36.5 Å². The molecule has 0 bridgehead atoms. The largest absolute Gasteiger partial charge is 0.396 e. The van der Waals surface area contributed by atoms with Gasteiger partial charge in [-0.05, 0) is 32.3 Å². The van der Waals surface area contributed by atoms with Crippen molar-refractivity contribution >= 4 is 17.4 Å². The van der Waals surface area contributed by atoms with Crippen molar-refractivity contribution in [1.82, 2.24) is 15.6 Å². The zero-order chi connectivity index (χ0) is 16.7. The number of amides is 2. The van der Waals surface area contributed by atoms with Crippen LogP contribution in [0.1, 0.15) is 47.3 Å². The minimum atomic E-state index is -0.225. The number of urea groups is 1. The number of nitrogens with one attached hydrogen (secondary N) is 2. The Morgan fingerprint density at radius 1 is 1.30 bits per heavy atom. The predicted octanol–water partition coefficient (Wildman–Crippen LogP) is 3.33. The first-order valence-corrected chi connectivity index (χ1v) is 8.57. The van der Waals surface area contributed by atoms with Gasteiger partial charge in [0, 0.05) is 17.7 Å². The fraction of sp³-hybridized carbons (Fsp3) is 0.412. The standard InChI is InChI=1S/C17H23N3O2S/c1-12-11-18-16(23-12)13(2)19-17(22)20-15(9-6-10-21)14-7-4-3-5-8-14/h3-5,7-8,11,13,15,21H,6,9-10H2,1-2H3,(H2,19,20,22). The van der Waals surface area contributed by atoms with Crippen LogP contribution in [0.25, 0.3) is 0 Å². The van der Waals surface area contributed by atoms with Gasteiger partial charge in [-0.15, -0.1) is 11.3 Å². The summed E-state index contributed by atoms with van der Waals surface area (Å²) in [5.74, 6) is 0. The third-order valence-corrected chi connectivity index (χ3v) is 4.61. The van der Waals surface area contributed by atoms with Gasteiger partial charge in [-0.1, -0.05) is 30.3 Å². The normalized spacial score (nSPS) is 13.3. The summed E-state index contributed by atoms with van der Waals surface area (Å²) in [6.45, 7) is 4.03. The van der Waals surface area contributed by atoms with Crippen molar-refractivity contribution in [2.45, 2.75) is 38.8 Å². The number of aliphatic hydroxyl groups excluding tert-OH is 1. The molecule has 5 nitrogen and oxygen atoms in total. The molecule has 0 saturated heterocycles. The molecule has 0 aliphatic heterocycles. The van der Waals surface area contributed by atoms with Gasteiger partial charge < -0.3 is 15.7 Å². The summed E-state index contributed by atoms with van der Waals surface area (Å²) in [5, 5.41) is 15.9. The molecule has 0 radical (unpaired) electrons. The Labute approximate surface area is 140 Å². The van der Waals surface area contributed by atoms with Gasteiger partial charge in [0.1, 0.15) is 5.01 Å². The molecule has 0 spiro atoms. The Balaban J connectivity index is 1.97. The Kier molecular flexibility index (Phi) is 6.55. The van der Waals surface area contributed by atoms with Crippen LogP contribution < -0.4 is 10.6 Å². The number of carbonyl (C=O) groups excluding carboxylic acids is 1. The number of aliphatic hydroxyl groups is 1. The first kappa shape index (κ1) is 17.4. The highest BCUT2D eigenvalue weighted by atomic mass is 32.1. The summed E-state index contributed by atoms with van der Waals surface area (Å²) < 4.78 is 0. The van der Waals surface area contributed by atoms with Crippen LogP contribution in [0.4, 0.5) is 4.79 Å². The summed E-state index contributed by atoms with van der Waals surface area (Å²) in [7, 11) is 0. The number of aromatic nitrogens is 1. The molecule has 124 valence electrons. The Bertz CT molecular complexity index is 615. The Morgan fingerprint density at radius 3 is 2.65 bits per heavy atom. The molecule has 2 atom stereocenters. The minimum absolute atomic E-state index is 0.113. The van der Waals surface area contributed by atoms with E-state index in [2.05, 4.69) is 15.6 Å². The van der Waals surface area contributed by atoms with Crippen LogP contribution in [-0.4, -0.2) is 22.7 Å². The van der Waals surface area contributed by atoms with Crippen molar-refractivity contribution in [2.75, 3.05) is 6.61 Å². The number of nitrogens with zero attached hydrogens (tertiary/aromatic N) is 1. The number of thiazole rings is 1. The molecule has 2 aromatic rings. The lowest BCUT2D eigenvalue weighted by molar-refractivity contribution is 0.230. The second-order valence-corrected chi connectivity index (χ2v) is 6.74. The zero-order valence-corrected chi connectivity index (χ0v) is 14.3. The second-order valence-electron chi connectivity index (χ2n) is 5.48. The fourth-order valence-electron chi connectivity index (χ4n) is 2.33. The molecule has 2 rings (SSSR count). The number of hydrogen-bond donors (Lipinski definition) is 3. The van der Waals surface area contributed by atoms with E-state index < -0.39 is 0 Å². The lowest BCUT2D eigenvalue weighted by atomic mass is 10.0. The number of carbonyl (C=O) groups is 1. The highest BCUT2D eigenvalue weighted by Crippen LogP contribution is 2.20. The molecular formula is C17H23N3O2S. The molecule has 2 unspecified atom stereocenters. The Morgan fingerprint density at radius 2 is 2.04 bits per heavy atom. The Hall–Kier alpha value is -1.92. The van der Waals surface area contributed by atoms with Gasteiger partial charge in [-0.2, -0.15) is 0 Å². The monoisotopic (exact) mass is 333 g/mol. The molecule has 1 aromatic heterocycles. The van der Waals surface area contributed by atoms with Gasteiger partial charge in [0.25, 0.3) is 0 Å². The molecule has 0 fully saturated rings. The van der Waals surface area contributed by atoms with Crippen LogP contribution in [-0.2, 0) is 0 Å². The molecule has 0 saturated carbocycles. The van der Waals surface area contributed by atoms with E-state index in [0.717, 1.165) is 15.4 Å². The molecule has 6 heteroatoms. The first-order valence-electron chi connectivity index (χ1n) is 7.75. The number of benzene rings is 1. The van der Waals surface area contributed by atoms with E-state index in [1.54, 1.807) is 11.3 Å². The first-order chi connectivity index (χ1) is 11.1. The maximum Gasteiger partial charge on any atom is 0.315 e. The van der Waals surface area contributed by atoms with Crippen LogP contribution >= 0.6 is 11.3 Å². The van der Waals surface area contributed by atoms with Crippen molar-refractivity contribution in [3.05, 3.63) is 52.0 Å². The van der Waals surface area contributed by atoms with Gasteiger partial charge in [0.05, 0.1) is 12.1 Å². The summed E-state index contributed by atoms with van der Waals surface area (Å²) >= 11 is 1.58. The highest BCUT2D eigenvalue weighted by Gasteiger charge is 2.17. The van der Waals surface area contributed by atoms with Gasteiger partial charge in [0.15, 0.2) is 0 Å². The molecule has 1 heterocycles. The van der Waals surface area contributed by atoms with Gasteiger partial charge in [-0.3, -0.25) is 0 Å². The average molecular weight is 333 g/mol. The summed E-state index contributed by atoms with van der Waals surface area (Å²) in [6.07, 6.45) is 3.14.